The van der Waals surface area contributed by atoms with Crippen LogP contribution >= 0.6 is 0 Å². The van der Waals surface area contributed by atoms with E-state index in [2.05, 4.69) is 0 Å². The Morgan fingerprint density at radius 1 is 1.24 bits per heavy atom. The lowest BCUT2D eigenvalue weighted by Gasteiger charge is -2.19. The van der Waals surface area contributed by atoms with Gasteiger partial charge in [-0.3, -0.25) is 5.84 Å². The van der Waals surface area contributed by atoms with Crippen molar-refractivity contribution in [3.8, 4) is 0 Å². The molecule has 0 amide bonds. The quantitative estimate of drug-likeness (QED) is 0.631. The molecule has 17 heavy (non-hydrogen) atoms. The van der Waals surface area contributed by atoms with Crippen LogP contribution in [0.15, 0.2) is 18.2 Å². The molecule has 0 aliphatic heterocycles. The summed E-state index contributed by atoms with van der Waals surface area (Å²) >= 11 is 0. The van der Waals surface area contributed by atoms with Gasteiger partial charge in [0.2, 0.25) is 0 Å². The monoisotopic (exact) mass is 244 g/mol. The van der Waals surface area contributed by atoms with E-state index in [0.29, 0.717) is 5.56 Å². The Morgan fingerprint density at radius 2 is 1.94 bits per heavy atom. The maximum absolute atomic E-state index is 12.5. The second kappa shape index (κ2) is 4.66. The van der Waals surface area contributed by atoms with Gasteiger partial charge in [0.1, 0.15) is 6.04 Å². The van der Waals surface area contributed by atoms with Crippen molar-refractivity contribution < 1.29 is 13.2 Å². The summed E-state index contributed by atoms with van der Waals surface area (Å²) in [4.78, 5) is 0. The SMILES string of the molecule is NNC(Cc1ccc2c(c1)CCC2)C(F)(F)F. The first-order valence-electron chi connectivity index (χ1n) is 5.64. The lowest BCUT2D eigenvalue weighted by Crippen LogP contribution is -2.47. The van der Waals surface area contributed by atoms with Crippen LogP contribution in [0.25, 0.3) is 0 Å². The molecule has 3 N–H and O–H groups in total. The van der Waals surface area contributed by atoms with Crippen LogP contribution in [0.4, 0.5) is 13.2 Å². The molecule has 1 unspecified atom stereocenters. The van der Waals surface area contributed by atoms with Crippen molar-refractivity contribution in [2.45, 2.75) is 37.9 Å². The fourth-order valence-corrected chi connectivity index (χ4v) is 2.26. The second-order valence-corrected chi connectivity index (χ2v) is 4.42. The van der Waals surface area contributed by atoms with Gasteiger partial charge in [-0.15, -0.1) is 0 Å². The van der Waals surface area contributed by atoms with E-state index in [-0.39, 0.29) is 6.42 Å². The molecule has 1 aliphatic carbocycles. The fraction of sp³-hybridized carbons (Fsp3) is 0.500. The third-order valence-electron chi connectivity index (χ3n) is 3.20. The Bertz CT molecular complexity index is 401. The van der Waals surface area contributed by atoms with Crippen molar-refractivity contribution in [3.05, 3.63) is 34.9 Å². The highest BCUT2D eigenvalue weighted by Gasteiger charge is 2.38. The Hall–Kier alpha value is -1.07. The highest BCUT2D eigenvalue weighted by molar-refractivity contribution is 5.35. The molecule has 94 valence electrons. The minimum atomic E-state index is -4.31. The second-order valence-electron chi connectivity index (χ2n) is 4.42. The Labute approximate surface area is 98.0 Å². The van der Waals surface area contributed by atoms with E-state index in [4.69, 9.17) is 5.84 Å². The third kappa shape index (κ3) is 2.79. The van der Waals surface area contributed by atoms with Crippen LogP contribution in [0.1, 0.15) is 23.1 Å². The molecule has 2 rings (SSSR count). The van der Waals surface area contributed by atoms with Gasteiger partial charge < -0.3 is 0 Å². The van der Waals surface area contributed by atoms with E-state index < -0.39 is 12.2 Å². The van der Waals surface area contributed by atoms with Gasteiger partial charge in [0, 0.05) is 0 Å². The summed E-state index contributed by atoms with van der Waals surface area (Å²) in [7, 11) is 0. The van der Waals surface area contributed by atoms with E-state index in [1.165, 1.54) is 11.1 Å². The predicted molar refractivity (Wildman–Crippen MR) is 59.3 cm³/mol. The molecular weight excluding hydrogens is 229 g/mol. The topological polar surface area (TPSA) is 38.0 Å². The maximum Gasteiger partial charge on any atom is 0.405 e. The van der Waals surface area contributed by atoms with Crippen molar-refractivity contribution in [2.24, 2.45) is 5.84 Å². The number of rotatable bonds is 3. The summed E-state index contributed by atoms with van der Waals surface area (Å²) in [5.74, 6) is 4.95. The molecule has 1 aromatic rings. The van der Waals surface area contributed by atoms with Gasteiger partial charge in [0.15, 0.2) is 0 Å². The molecule has 0 heterocycles. The molecule has 1 atom stereocenters. The highest BCUT2D eigenvalue weighted by atomic mass is 19.4. The number of alkyl halides is 3. The van der Waals surface area contributed by atoms with Gasteiger partial charge in [-0.25, -0.2) is 5.43 Å². The normalized spacial score (nSPS) is 16.9. The lowest BCUT2D eigenvalue weighted by atomic mass is 10.0. The fourth-order valence-electron chi connectivity index (χ4n) is 2.26. The molecule has 1 aromatic carbocycles. The zero-order valence-corrected chi connectivity index (χ0v) is 9.35. The number of hydrazine groups is 1. The van der Waals surface area contributed by atoms with Crippen molar-refractivity contribution in [1.29, 1.82) is 0 Å². The molecule has 2 nitrogen and oxygen atoms in total. The van der Waals surface area contributed by atoms with Crippen molar-refractivity contribution >= 4 is 0 Å². The molecule has 5 heteroatoms. The van der Waals surface area contributed by atoms with Gasteiger partial charge in [-0.05, 0) is 42.4 Å². The molecule has 0 radical (unpaired) electrons. The Balaban J connectivity index is 2.13. The Kier molecular flexibility index (Phi) is 3.40. The zero-order valence-electron chi connectivity index (χ0n) is 9.35. The minimum absolute atomic E-state index is 0.118. The van der Waals surface area contributed by atoms with E-state index in [1.54, 1.807) is 6.07 Å². The van der Waals surface area contributed by atoms with Crippen LogP contribution in [0.3, 0.4) is 0 Å². The van der Waals surface area contributed by atoms with Gasteiger partial charge in [-0.1, -0.05) is 18.2 Å². The van der Waals surface area contributed by atoms with Gasteiger partial charge in [0.25, 0.3) is 0 Å². The van der Waals surface area contributed by atoms with Crippen LogP contribution in [-0.4, -0.2) is 12.2 Å². The van der Waals surface area contributed by atoms with Crippen LogP contribution < -0.4 is 11.3 Å². The zero-order chi connectivity index (χ0) is 12.5. The van der Waals surface area contributed by atoms with E-state index in [9.17, 15) is 13.2 Å². The number of benzene rings is 1. The minimum Gasteiger partial charge on any atom is -0.271 e. The summed E-state index contributed by atoms with van der Waals surface area (Å²) in [6.07, 6.45) is -1.33. The van der Waals surface area contributed by atoms with Crippen LogP contribution in [0.5, 0.6) is 0 Å². The van der Waals surface area contributed by atoms with Crippen LogP contribution in [0, 0.1) is 0 Å². The average Bonchev–Trinajstić information content (AvgIpc) is 2.71. The molecule has 0 fully saturated rings. The standard InChI is InChI=1S/C12H15F3N2/c13-12(14,15)11(17-16)7-8-4-5-9-2-1-3-10(9)6-8/h4-6,11,17H,1-3,7,16H2. The molecule has 1 aliphatic rings. The Morgan fingerprint density at radius 3 is 2.59 bits per heavy atom. The summed E-state index contributed by atoms with van der Waals surface area (Å²) in [5.41, 5.74) is 4.96. The van der Waals surface area contributed by atoms with Crippen molar-refractivity contribution in [2.75, 3.05) is 0 Å². The largest absolute Gasteiger partial charge is 0.405 e. The lowest BCUT2D eigenvalue weighted by molar-refractivity contribution is -0.155. The summed E-state index contributed by atoms with van der Waals surface area (Å²) in [5, 5.41) is 0. The van der Waals surface area contributed by atoms with Crippen LogP contribution in [-0.2, 0) is 19.3 Å². The summed E-state index contributed by atoms with van der Waals surface area (Å²) in [6.45, 7) is 0. The van der Waals surface area contributed by atoms with Gasteiger partial charge >= 0.3 is 6.18 Å². The first-order valence-corrected chi connectivity index (χ1v) is 5.64. The molecule has 0 saturated heterocycles. The first kappa shape index (κ1) is 12.4. The van der Waals surface area contributed by atoms with E-state index in [0.717, 1.165) is 19.3 Å². The predicted octanol–water partition coefficient (Wildman–Crippen LogP) is 2.11. The van der Waals surface area contributed by atoms with Gasteiger partial charge in [0.05, 0.1) is 0 Å². The number of nitrogens with one attached hydrogen (secondary N) is 1. The number of halogens is 3. The number of hydrogen-bond donors (Lipinski definition) is 2. The summed E-state index contributed by atoms with van der Waals surface area (Å²) < 4.78 is 37.6. The molecular formula is C12H15F3N2. The molecule has 0 saturated carbocycles. The summed E-state index contributed by atoms with van der Waals surface area (Å²) in [6, 6.07) is 3.89. The van der Waals surface area contributed by atoms with E-state index >= 15 is 0 Å². The first-order chi connectivity index (χ1) is 8.00. The average molecular weight is 244 g/mol. The number of fused-ring (bicyclic) bond motifs is 1. The van der Waals surface area contributed by atoms with E-state index in [1.807, 2.05) is 17.6 Å². The van der Waals surface area contributed by atoms with Crippen molar-refractivity contribution in [1.82, 2.24) is 5.43 Å². The van der Waals surface area contributed by atoms with Gasteiger partial charge in [-0.2, -0.15) is 13.2 Å². The molecule has 0 aromatic heterocycles. The molecule has 0 bridgehead atoms. The highest BCUT2D eigenvalue weighted by Crippen LogP contribution is 2.26. The number of hydrogen-bond acceptors (Lipinski definition) is 2. The number of nitrogens with two attached hydrogens (primary N) is 1. The maximum atomic E-state index is 12.5. The number of aryl methyl sites for hydroxylation is 2. The third-order valence-corrected chi connectivity index (χ3v) is 3.20. The smallest absolute Gasteiger partial charge is 0.271 e. The molecule has 0 spiro atoms. The van der Waals surface area contributed by atoms with Crippen molar-refractivity contribution in [3.63, 3.8) is 0 Å². The van der Waals surface area contributed by atoms with Crippen LogP contribution in [0.2, 0.25) is 0 Å².